The molecule has 21 heavy (non-hydrogen) atoms. The molecule has 118 valence electrons. The number of nitrogens with one attached hydrogen (secondary N) is 1. The van der Waals surface area contributed by atoms with Crippen molar-refractivity contribution in [2.75, 3.05) is 13.2 Å². The molecule has 1 aliphatic rings. The second-order valence-corrected chi connectivity index (χ2v) is 6.30. The van der Waals surface area contributed by atoms with Crippen molar-refractivity contribution in [2.24, 2.45) is 5.92 Å². The molecule has 1 aromatic carbocycles. The van der Waals surface area contributed by atoms with Gasteiger partial charge in [-0.15, -0.1) is 0 Å². The van der Waals surface area contributed by atoms with Gasteiger partial charge in [-0.1, -0.05) is 6.92 Å². The first kappa shape index (κ1) is 16.8. The smallest absolute Gasteiger partial charge is 0.143 e. The molecule has 2 unspecified atom stereocenters. The molecule has 1 saturated carbocycles. The van der Waals surface area contributed by atoms with E-state index in [1.54, 1.807) is 0 Å². The third-order valence-corrected chi connectivity index (χ3v) is 4.48. The number of hydrogen-bond donors (Lipinski definition) is 1. The molecule has 2 rings (SSSR count). The van der Waals surface area contributed by atoms with Gasteiger partial charge in [0.1, 0.15) is 11.6 Å². The number of ether oxygens (including phenoxy) is 1. The van der Waals surface area contributed by atoms with Crippen LogP contribution in [0.1, 0.15) is 32.3 Å². The number of benzene rings is 1. The summed E-state index contributed by atoms with van der Waals surface area (Å²) in [7, 11) is 0. The zero-order valence-corrected chi connectivity index (χ0v) is 14.1. The minimum atomic E-state index is -0.510. The normalized spacial score (nSPS) is 17.8. The summed E-state index contributed by atoms with van der Waals surface area (Å²) in [6.45, 7) is 5.32. The molecule has 0 amide bonds. The lowest BCUT2D eigenvalue weighted by molar-refractivity contribution is 0.0192. The van der Waals surface area contributed by atoms with Crippen molar-refractivity contribution < 1.29 is 13.5 Å². The van der Waals surface area contributed by atoms with Crippen LogP contribution >= 0.6 is 15.9 Å². The molecule has 2 atom stereocenters. The highest BCUT2D eigenvalue weighted by Gasteiger charge is 2.37. The molecule has 0 aliphatic heterocycles. The predicted molar refractivity (Wildman–Crippen MR) is 83.4 cm³/mol. The van der Waals surface area contributed by atoms with E-state index in [1.807, 2.05) is 13.8 Å². The Hall–Kier alpha value is -0.520. The molecule has 2 nitrogen and oxygen atoms in total. The lowest BCUT2D eigenvalue weighted by Gasteiger charge is -2.28. The quantitative estimate of drug-likeness (QED) is 0.704. The molecular weight excluding hydrogens is 340 g/mol. The molecule has 0 saturated heterocycles. The van der Waals surface area contributed by atoms with Gasteiger partial charge in [-0.2, -0.15) is 0 Å². The summed E-state index contributed by atoms with van der Waals surface area (Å²) in [5, 5.41) is 3.34. The van der Waals surface area contributed by atoms with Crippen molar-refractivity contribution >= 4 is 15.9 Å². The van der Waals surface area contributed by atoms with Crippen molar-refractivity contribution in [2.45, 2.75) is 45.3 Å². The van der Waals surface area contributed by atoms with Crippen LogP contribution < -0.4 is 5.32 Å². The topological polar surface area (TPSA) is 21.3 Å². The summed E-state index contributed by atoms with van der Waals surface area (Å²) in [5.74, 6) is -0.499. The van der Waals surface area contributed by atoms with Gasteiger partial charge in [-0.25, -0.2) is 8.78 Å². The molecule has 0 heterocycles. The largest absolute Gasteiger partial charge is 0.377 e. The average molecular weight is 362 g/mol. The second kappa shape index (κ2) is 7.65. The highest BCUT2D eigenvalue weighted by atomic mass is 79.9. The standard InChI is InChI=1S/C16H22BrF2NO/c1-3-20-14(16(21-4-2)10-5-6-10)9-11-13(18)8-7-12(17)15(11)19/h7-8,10,14,16,20H,3-6,9H2,1-2H3. The third kappa shape index (κ3) is 4.24. The molecule has 0 radical (unpaired) electrons. The zero-order valence-electron chi connectivity index (χ0n) is 12.5. The molecule has 1 fully saturated rings. The minimum Gasteiger partial charge on any atom is -0.377 e. The van der Waals surface area contributed by atoms with Crippen molar-refractivity contribution in [1.29, 1.82) is 0 Å². The summed E-state index contributed by atoms with van der Waals surface area (Å²) >= 11 is 3.12. The summed E-state index contributed by atoms with van der Waals surface area (Å²) < 4.78 is 34.3. The molecule has 0 spiro atoms. The van der Waals surface area contributed by atoms with E-state index in [0.717, 1.165) is 19.4 Å². The van der Waals surface area contributed by atoms with Crippen LogP contribution in [0.4, 0.5) is 8.78 Å². The Morgan fingerprint density at radius 2 is 2.05 bits per heavy atom. The van der Waals surface area contributed by atoms with E-state index in [9.17, 15) is 8.78 Å². The van der Waals surface area contributed by atoms with Gasteiger partial charge in [0.25, 0.3) is 0 Å². The van der Waals surface area contributed by atoms with Crippen molar-refractivity contribution in [3.63, 3.8) is 0 Å². The highest BCUT2D eigenvalue weighted by molar-refractivity contribution is 9.10. The van der Waals surface area contributed by atoms with E-state index >= 15 is 0 Å². The van der Waals surface area contributed by atoms with Crippen molar-refractivity contribution in [3.05, 3.63) is 33.8 Å². The Kier molecular flexibility index (Phi) is 6.14. The number of likely N-dealkylation sites (N-methyl/N-ethyl adjacent to an activating group) is 1. The van der Waals surface area contributed by atoms with Gasteiger partial charge >= 0.3 is 0 Å². The fourth-order valence-electron chi connectivity index (χ4n) is 2.74. The lowest BCUT2D eigenvalue weighted by Crippen LogP contribution is -2.44. The van der Waals surface area contributed by atoms with Gasteiger partial charge in [0, 0.05) is 18.2 Å². The van der Waals surface area contributed by atoms with Gasteiger partial charge in [0.15, 0.2) is 0 Å². The predicted octanol–water partition coefficient (Wildman–Crippen LogP) is 4.06. The van der Waals surface area contributed by atoms with E-state index in [4.69, 9.17) is 4.74 Å². The van der Waals surface area contributed by atoms with Crippen LogP contribution in [0.3, 0.4) is 0 Å². The van der Waals surface area contributed by atoms with E-state index in [0.29, 0.717) is 23.4 Å². The van der Waals surface area contributed by atoms with Crippen molar-refractivity contribution in [1.82, 2.24) is 5.32 Å². The van der Waals surface area contributed by atoms with Crippen LogP contribution in [-0.2, 0) is 11.2 Å². The fourth-order valence-corrected chi connectivity index (χ4v) is 3.11. The molecule has 1 N–H and O–H groups in total. The number of halogens is 3. The van der Waals surface area contributed by atoms with Gasteiger partial charge in [-0.3, -0.25) is 0 Å². The van der Waals surface area contributed by atoms with E-state index < -0.39 is 11.6 Å². The maximum atomic E-state index is 14.2. The van der Waals surface area contributed by atoms with Crippen LogP contribution in [0.25, 0.3) is 0 Å². The van der Waals surface area contributed by atoms with Crippen LogP contribution in [0.2, 0.25) is 0 Å². The third-order valence-electron chi connectivity index (χ3n) is 3.87. The molecule has 1 aliphatic carbocycles. The average Bonchev–Trinajstić information content (AvgIpc) is 3.29. The maximum absolute atomic E-state index is 14.2. The minimum absolute atomic E-state index is 0.0210. The summed E-state index contributed by atoms with van der Waals surface area (Å²) in [5.41, 5.74) is 0.126. The van der Waals surface area contributed by atoms with E-state index in [-0.39, 0.29) is 17.7 Å². The first-order chi connectivity index (χ1) is 10.1. The Morgan fingerprint density at radius 3 is 2.62 bits per heavy atom. The molecular formula is C16H22BrF2NO. The number of rotatable bonds is 8. The van der Waals surface area contributed by atoms with Crippen LogP contribution in [0.15, 0.2) is 16.6 Å². The highest BCUT2D eigenvalue weighted by Crippen LogP contribution is 2.37. The van der Waals surface area contributed by atoms with Crippen molar-refractivity contribution in [3.8, 4) is 0 Å². The summed E-state index contributed by atoms with van der Waals surface area (Å²) in [6, 6.07) is 2.64. The van der Waals surface area contributed by atoms with E-state index in [1.165, 1.54) is 12.1 Å². The summed E-state index contributed by atoms with van der Waals surface area (Å²) in [4.78, 5) is 0. The molecule has 0 bridgehead atoms. The van der Waals surface area contributed by atoms with Crippen LogP contribution in [0, 0.1) is 17.6 Å². The monoisotopic (exact) mass is 361 g/mol. The van der Waals surface area contributed by atoms with Gasteiger partial charge in [-0.05, 0) is 66.7 Å². The van der Waals surface area contributed by atoms with Crippen LogP contribution in [0.5, 0.6) is 0 Å². The Morgan fingerprint density at radius 1 is 1.33 bits per heavy atom. The molecule has 0 aromatic heterocycles. The first-order valence-electron chi connectivity index (χ1n) is 7.55. The summed E-state index contributed by atoms with van der Waals surface area (Å²) in [6.07, 6.45) is 2.59. The Balaban J connectivity index is 2.21. The second-order valence-electron chi connectivity index (χ2n) is 5.45. The van der Waals surface area contributed by atoms with Crippen LogP contribution in [-0.4, -0.2) is 25.3 Å². The SMILES string of the molecule is CCNC(Cc1c(F)ccc(Br)c1F)C(OCC)C1CC1. The zero-order chi connectivity index (χ0) is 15.4. The first-order valence-corrected chi connectivity index (χ1v) is 8.35. The Labute approximate surface area is 133 Å². The lowest BCUT2D eigenvalue weighted by atomic mass is 9.97. The van der Waals surface area contributed by atoms with Gasteiger partial charge in [0.2, 0.25) is 0 Å². The maximum Gasteiger partial charge on any atom is 0.143 e. The van der Waals surface area contributed by atoms with Gasteiger partial charge in [0.05, 0.1) is 10.6 Å². The fraction of sp³-hybridized carbons (Fsp3) is 0.625. The molecule has 1 aromatic rings. The molecule has 5 heteroatoms. The van der Waals surface area contributed by atoms with E-state index in [2.05, 4.69) is 21.2 Å². The number of hydrogen-bond acceptors (Lipinski definition) is 2. The Bertz CT molecular complexity index is 480. The van der Waals surface area contributed by atoms with Gasteiger partial charge < -0.3 is 10.1 Å².